The normalized spacial score (nSPS) is 16.8. The molecule has 1 saturated heterocycles. The van der Waals surface area contributed by atoms with Crippen molar-refractivity contribution in [2.45, 2.75) is 19.0 Å². The van der Waals surface area contributed by atoms with Gasteiger partial charge in [0.2, 0.25) is 0 Å². The molecular weight excluding hydrogens is 502 g/mol. The van der Waals surface area contributed by atoms with Crippen molar-refractivity contribution in [1.82, 2.24) is 29.2 Å². The molecule has 0 spiro atoms. The molecule has 2 aliphatic heterocycles. The molecular formula is C30H33N9O. The molecule has 204 valence electrons. The summed E-state index contributed by atoms with van der Waals surface area (Å²) in [6.07, 6.45) is 12.1. The molecule has 6 rings (SSSR count). The number of hydrogen-bond donors (Lipinski definition) is 2. The highest BCUT2D eigenvalue weighted by molar-refractivity contribution is 6.09. The van der Waals surface area contributed by atoms with Crippen LogP contribution in [0.2, 0.25) is 0 Å². The first-order valence-electron chi connectivity index (χ1n) is 13.4. The molecule has 2 aliphatic rings. The Balaban J connectivity index is 1.08. The third kappa shape index (κ3) is 5.20. The standard InChI is InChI=1S/C30H33N9O/c1-32-16-23(14-31)22-5-3-21(4-6-22)15-33-29-13-27(35-20-36-29)28-17-34-30-12-26(7-8-39(28)30)40-10-9-38-19-24-11-25(38)18-37(24)2/h3-8,12-14,16-17,19-20,25H,9-11,15,18,31H2,1-2H3,(H,33,35,36). The number of nitrogens with two attached hydrogens (primary N) is 1. The van der Waals surface area contributed by atoms with Gasteiger partial charge in [0, 0.05) is 81.8 Å². The molecule has 0 amide bonds. The Hall–Kier alpha value is -4.86. The number of allylic oxidation sites excluding steroid dienone is 1. The van der Waals surface area contributed by atoms with Crippen LogP contribution in [0.3, 0.4) is 0 Å². The van der Waals surface area contributed by atoms with E-state index in [1.54, 1.807) is 25.8 Å². The second kappa shape index (κ2) is 11.1. The zero-order valence-corrected chi connectivity index (χ0v) is 22.7. The first-order valence-corrected chi connectivity index (χ1v) is 13.4. The highest BCUT2D eigenvalue weighted by Gasteiger charge is 2.33. The monoisotopic (exact) mass is 535 g/mol. The lowest BCUT2D eigenvalue weighted by Crippen LogP contribution is -2.37. The molecule has 0 saturated carbocycles. The Morgan fingerprint density at radius 3 is 2.80 bits per heavy atom. The summed E-state index contributed by atoms with van der Waals surface area (Å²) in [6, 6.07) is 14.7. The van der Waals surface area contributed by atoms with Gasteiger partial charge >= 0.3 is 0 Å². The fraction of sp³-hybridized carbons (Fsp3) is 0.267. The van der Waals surface area contributed by atoms with Crippen molar-refractivity contribution in [3.05, 3.63) is 90.4 Å². The van der Waals surface area contributed by atoms with Crippen LogP contribution in [0.5, 0.6) is 5.75 Å². The van der Waals surface area contributed by atoms with Crippen LogP contribution in [0.25, 0.3) is 22.6 Å². The average molecular weight is 536 g/mol. The Labute approximate surface area is 233 Å². The number of aromatic nitrogens is 4. The number of nitrogens with one attached hydrogen (secondary N) is 1. The van der Waals surface area contributed by atoms with E-state index in [9.17, 15) is 0 Å². The summed E-state index contributed by atoms with van der Waals surface area (Å²) in [5.74, 6) is 1.55. The van der Waals surface area contributed by atoms with Crippen molar-refractivity contribution in [3.63, 3.8) is 0 Å². The van der Waals surface area contributed by atoms with E-state index in [1.807, 2.05) is 47.1 Å². The number of aliphatic imine (C=N–C) groups is 1. The van der Waals surface area contributed by atoms with Gasteiger partial charge in [-0.15, -0.1) is 0 Å². The lowest BCUT2D eigenvalue weighted by molar-refractivity contribution is 0.208. The van der Waals surface area contributed by atoms with Gasteiger partial charge in [-0.3, -0.25) is 9.39 Å². The van der Waals surface area contributed by atoms with E-state index in [-0.39, 0.29) is 0 Å². The quantitative estimate of drug-likeness (QED) is 0.296. The first kappa shape index (κ1) is 25.4. The van der Waals surface area contributed by atoms with Gasteiger partial charge in [-0.2, -0.15) is 0 Å². The van der Waals surface area contributed by atoms with E-state index >= 15 is 0 Å². The number of fused-ring (bicyclic) bond motifs is 3. The number of nitrogens with zero attached hydrogens (tertiary/aromatic N) is 7. The second-order valence-electron chi connectivity index (χ2n) is 10.0. The van der Waals surface area contributed by atoms with Gasteiger partial charge in [0.15, 0.2) is 0 Å². The van der Waals surface area contributed by atoms with Crippen molar-refractivity contribution >= 4 is 23.3 Å². The molecule has 1 atom stereocenters. The van der Waals surface area contributed by atoms with E-state index in [1.165, 1.54) is 5.70 Å². The van der Waals surface area contributed by atoms with Gasteiger partial charge in [0.1, 0.15) is 30.1 Å². The first-order chi connectivity index (χ1) is 19.6. The summed E-state index contributed by atoms with van der Waals surface area (Å²) in [4.78, 5) is 22.3. The van der Waals surface area contributed by atoms with Crippen LogP contribution in [-0.2, 0) is 6.54 Å². The SMILES string of the molecule is CN=CC(=CN)c1ccc(CNc2cc(-c3cnc4cc(OCCN5C=C6CC5CN6C)ccn34)ncn2)cc1. The Morgan fingerprint density at radius 1 is 1.18 bits per heavy atom. The lowest BCUT2D eigenvalue weighted by atomic mass is 10.1. The maximum Gasteiger partial charge on any atom is 0.140 e. The molecule has 5 heterocycles. The topological polar surface area (TPSA) is 109 Å². The summed E-state index contributed by atoms with van der Waals surface area (Å²) >= 11 is 0. The Morgan fingerprint density at radius 2 is 2.05 bits per heavy atom. The largest absolute Gasteiger partial charge is 0.492 e. The van der Waals surface area contributed by atoms with E-state index < -0.39 is 0 Å². The molecule has 40 heavy (non-hydrogen) atoms. The van der Waals surface area contributed by atoms with Crippen LogP contribution >= 0.6 is 0 Å². The van der Waals surface area contributed by atoms with Gasteiger partial charge in [-0.25, -0.2) is 15.0 Å². The molecule has 4 aromatic rings. The van der Waals surface area contributed by atoms with Crippen LogP contribution in [0.1, 0.15) is 17.5 Å². The highest BCUT2D eigenvalue weighted by Crippen LogP contribution is 2.31. The van der Waals surface area contributed by atoms with Crippen LogP contribution in [-0.4, -0.2) is 75.2 Å². The summed E-state index contributed by atoms with van der Waals surface area (Å²) in [6.45, 7) is 3.24. The molecule has 10 nitrogen and oxygen atoms in total. The van der Waals surface area contributed by atoms with Crippen molar-refractivity contribution in [2.75, 3.05) is 39.1 Å². The number of hydrogen-bond acceptors (Lipinski definition) is 9. The van der Waals surface area contributed by atoms with Crippen molar-refractivity contribution < 1.29 is 4.74 Å². The fourth-order valence-electron chi connectivity index (χ4n) is 5.28. The zero-order chi connectivity index (χ0) is 27.5. The lowest BCUT2D eigenvalue weighted by Gasteiger charge is -2.28. The van der Waals surface area contributed by atoms with E-state index in [0.29, 0.717) is 19.2 Å². The summed E-state index contributed by atoms with van der Waals surface area (Å²) in [5.41, 5.74) is 12.6. The number of imidazole rings is 1. The maximum atomic E-state index is 6.07. The molecule has 10 heteroatoms. The highest BCUT2D eigenvalue weighted by atomic mass is 16.5. The van der Waals surface area contributed by atoms with Gasteiger partial charge < -0.3 is 25.6 Å². The van der Waals surface area contributed by atoms with Gasteiger partial charge in [-0.05, 0) is 17.2 Å². The third-order valence-electron chi connectivity index (χ3n) is 7.44. The zero-order valence-electron chi connectivity index (χ0n) is 22.7. The second-order valence-corrected chi connectivity index (χ2v) is 10.0. The molecule has 2 bridgehead atoms. The minimum Gasteiger partial charge on any atom is -0.492 e. The molecule has 0 aliphatic carbocycles. The Bertz CT molecular complexity index is 1590. The van der Waals surface area contributed by atoms with Gasteiger partial charge in [0.05, 0.1) is 30.2 Å². The number of pyridine rings is 1. The molecule has 1 aromatic carbocycles. The summed E-state index contributed by atoms with van der Waals surface area (Å²) in [7, 11) is 3.89. The van der Waals surface area contributed by atoms with Crippen LogP contribution in [0.4, 0.5) is 5.82 Å². The van der Waals surface area contributed by atoms with Gasteiger partial charge in [0.25, 0.3) is 0 Å². The Kier molecular flexibility index (Phi) is 7.05. The minimum atomic E-state index is 0.585. The number of rotatable bonds is 10. The number of likely N-dealkylation sites (tertiary alicyclic amines) is 1. The predicted molar refractivity (Wildman–Crippen MR) is 158 cm³/mol. The van der Waals surface area contributed by atoms with Crippen molar-refractivity contribution in [1.29, 1.82) is 0 Å². The van der Waals surface area contributed by atoms with E-state index in [4.69, 9.17) is 10.5 Å². The molecule has 1 fully saturated rings. The van der Waals surface area contributed by atoms with Crippen molar-refractivity contribution in [3.8, 4) is 17.1 Å². The van der Waals surface area contributed by atoms with E-state index in [0.717, 1.165) is 64.8 Å². The molecule has 3 aromatic heterocycles. The number of likely N-dealkylation sites (N-methyl/N-ethyl adjacent to an activating group) is 1. The number of ether oxygens (including phenoxy) is 1. The molecule has 0 radical (unpaired) electrons. The van der Waals surface area contributed by atoms with Crippen molar-refractivity contribution in [2.24, 2.45) is 10.7 Å². The van der Waals surface area contributed by atoms with Crippen LogP contribution in [0, 0.1) is 0 Å². The van der Waals surface area contributed by atoms with E-state index in [2.05, 4.69) is 60.4 Å². The third-order valence-corrected chi connectivity index (χ3v) is 7.44. The molecule has 1 unspecified atom stereocenters. The number of benzene rings is 1. The summed E-state index contributed by atoms with van der Waals surface area (Å²) in [5, 5.41) is 3.39. The average Bonchev–Trinajstić information content (AvgIpc) is 3.69. The maximum absolute atomic E-state index is 6.07. The van der Waals surface area contributed by atoms with Gasteiger partial charge in [-0.1, -0.05) is 24.3 Å². The number of anilines is 1. The predicted octanol–water partition coefficient (Wildman–Crippen LogP) is 3.64. The fourth-order valence-corrected chi connectivity index (χ4v) is 5.28. The smallest absolute Gasteiger partial charge is 0.140 e. The molecule has 3 N–H and O–H groups in total. The minimum absolute atomic E-state index is 0.585. The summed E-state index contributed by atoms with van der Waals surface area (Å²) < 4.78 is 8.08. The van der Waals surface area contributed by atoms with Crippen LogP contribution < -0.4 is 15.8 Å². The van der Waals surface area contributed by atoms with Crippen LogP contribution in [0.15, 0.2) is 84.3 Å².